The van der Waals surface area contributed by atoms with E-state index in [0.717, 1.165) is 23.3 Å². The third-order valence-electron chi connectivity index (χ3n) is 5.75. The number of nitrogens with one attached hydrogen (secondary N) is 2. The van der Waals surface area contributed by atoms with Gasteiger partial charge in [-0.25, -0.2) is 9.59 Å². The van der Waals surface area contributed by atoms with Gasteiger partial charge in [-0.3, -0.25) is 0 Å². The van der Waals surface area contributed by atoms with Crippen LogP contribution in [0.1, 0.15) is 48.7 Å². The molecule has 2 amide bonds. The molecule has 0 radical (unpaired) electrons. The minimum atomic E-state index is -0.502. The van der Waals surface area contributed by atoms with Crippen molar-refractivity contribution in [3.63, 3.8) is 0 Å². The number of esters is 1. The molecule has 0 saturated heterocycles. The first kappa shape index (κ1) is 24.8. The van der Waals surface area contributed by atoms with Crippen LogP contribution < -0.4 is 15.4 Å². The quantitative estimate of drug-likeness (QED) is 0.290. The molecule has 3 aromatic rings. The van der Waals surface area contributed by atoms with Gasteiger partial charge in [0.1, 0.15) is 19.0 Å². The highest BCUT2D eigenvalue weighted by Crippen LogP contribution is 2.33. The van der Waals surface area contributed by atoms with Gasteiger partial charge in [0.15, 0.2) is 0 Å². The molecule has 0 aliphatic carbocycles. The number of para-hydroxylation sites is 2. The van der Waals surface area contributed by atoms with Crippen molar-refractivity contribution in [3.8, 4) is 5.75 Å². The predicted octanol–water partition coefficient (Wildman–Crippen LogP) is 5.93. The lowest BCUT2D eigenvalue weighted by Gasteiger charge is -2.26. The number of urea groups is 1. The van der Waals surface area contributed by atoms with Gasteiger partial charge in [-0.2, -0.15) is 0 Å². The van der Waals surface area contributed by atoms with Gasteiger partial charge < -0.3 is 20.1 Å². The summed E-state index contributed by atoms with van der Waals surface area (Å²) in [6, 6.07) is 23.8. The highest BCUT2D eigenvalue weighted by molar-refractivity contribution is 6.00. The van der Waals surface area contributed by atoms with Gasteiger partial charge in [-0.15, -0.1) is 0 Å². The van der Waals surface area contributed by atoms with Gasteiger partial charge in [0.25, 0.3) is 0 Å². The fraction of sp³-hybridized carbons (Fsp3) is 0.286. The van der Waals surface area contributed by atoms with Gasteiger partial charge >= 0.3 is 12.0 Å². The van der Waals surface area contributed by atoms with E-state index in [2.05, 4.69) is 37.5 Å². The Morgan fingerprint density at radius 1 is 0.882 bits per heavy atom. The molecule has 2 N–H and O–H groups in total. The number of anilines is 1. The molecular weight excluding hydrogens is 428 g/mol. The standard InChI is InChI=1S/C28H32N2O4/c1-4-28(2,3)23-15-9-11-17-25(23)33-19-18-29-27(32)30-24-16-10-8-14-22(24)26(31)34-20-21-12-6-5-7-13-21/h5-17H,4,18-20H2,1-3H3,(H2,29,30,32). The highest BCUT2D eigenvalue weighted by Gasteiger charge is 2.22. The Morgan fingerprint density at radius 3 is 2.32 bits per heavy atom. The molecule has 0 aromatic heterocycles. The van der Waals surface area contributed by atoms with Crippen LogP contribution in [0, 0.1) is 0 Å². The Balaban J connectivity index is 1.51. The fourth-order valence-electron chi connectivity index (χ4n) is 3.41. The van der Waals surface area contributed by atoms with Crippen LogP contribution >= 0.6 is 0 Å². The van der Waals surface area contributed by atoms with E-state index in [9.17, 15) is 9.59 Å². The zero-order valence-electron chi connectivity index (χ0n) is 20.0. The Bertz CT molecular complexity index is 1100. The molecule has 3 aromatic carbocycles. The maximum Gasteiger partial charge on any atom is 0.340 e. The summed E-state index contributed by atoms with van der Waals surface area (Å²) in [5.74, 6) is 0.321. The first-order valence-corrected chi connectivity index (χ1v) is 11.5. The van der Waals surface area contributed by atoms with Crippen molar-refractivity contribution in [2.24, 2.45) is 0 Å². The summed E-state index contributed by atoms with van der Waals surface area (Å²) in [4.78, 5) is 25.0. The van der Waals surface area contributed by atoms with E-state index >= 15 is 0 Å². The van der Waals surface area contributed by atoms with Gasteiger partial charge in [-0.1, -0.05) is 81.4 Å². The van der Waals surface area contributed by atoms with Crippen LogP contribution in [-0.4, -0.2) is 25.2 Å². The number of hydrogen-bond acceptors (Lipinski definition) is 4. The normalized spacial score (nSPS) is 10.9. The van der Waals surface area contributed by atoms with E-state index in [1.165, 1.54) is 0 Å². The Labute approximate surface area is 201 Å². The largest absolute Gasteiger partial charge is 0.491 e. The van der Waals surface area contributed by atoms with Crippen molar-refractivity contribution in [3.05, 3.63) is 95.6 Å². The molecule has 6 nitrogen and oxygen atoms in total. The van der Waals surface area contributed by atoms with E-state index in [4.69, 9.17) is 9.47 Å². The molecular formula is C28H32N2O4. The number of benzene rings is 3. The summed E-state index contributed by atoms with van der Waals surface area (Å²) in [5, 5.41) is 5.50. The van der Waals surface area contributed by atoms with Crippen LogP contribution in [0.25, 0.3) is 0 Å². The lowest BCUT2D eigenvalue weighted by atomic mass is 9.82. The second-order valence-electron chi connectivity index (χ2n) is 8.57. The number of carbonyl (C=O) groups excluding carboxylic acids is 2. The summed E-state index contributed by atoms with van der Waals surface area (Å²) >= 11 is 0. The van der Waals surface area contributed by atoms with E-state index in [1.807, 2.05) is 48.5 Å². The van der Waals surface area contributed by atoms with Crippen LogP contribution in [-0.2, 0) is 16.8 Å². The average Bonchev–Trinajstić information content (AvgIpc) is 2.86. The summed E-state index contributed by atoms with van der Waals surface area (Å²) in [7, 11) is 0. The Kier molecular flexibility index (Phi) is 8.68. The lowest BCUT2D eigenvalue weighted by Crippen LogP contribution is -2.33. The smallest absolute Gasteiger partial charge is 0.340 e. The van der Waals surface area contributed by atoms with Crippen LogP contribution in [0.5, 0.6) is 5.75 Å². The van der Waals surface area contributed by atoms with Crippen molar-refractivity contribution < 1.29 is 19.1 Å². The summed E-state index contributed by atoms with van der Waals surface area (Å²) in [5.41, 5.74) is 2.71. The molecule has 178 valence electrons. The van der Waals surface area contributed by atoms with E-state index in [-0.39, 0.29) is 12.0 Å². The van der Waals surface area contributed by atoms with E-state index in [1.54, 1.807) is 24.3 Å². The maximum atomic E-state index is 12.6. The van der Waals surface area contributed by atoms with Gasteiger partial charge in [0.05, 0.1) is 17.8 Å². The van der Waals surface area contributed by atoms with Crippen molar-refractivity contribution in [1.82, 2.24) is 5.32 Å². The summed E-state index contributed by atoms with van der Waals surface area (Å²) in [6.45, 7) is 7.32. The summed E-state index contributed by atoms with van der Waals surface area (Å²) < 4.78 is 11.3. The van der Waals surface area contributed by atoms with Crippen LogP contribution in [0.4, 0.5) is 10.5 Å². The molecule has 0 unspecified atom stereocenters. The SMILES string of the molecule is CCC(C)(C)c1ccccc1OCCNC(=O)Nc1ccccc1C(=O)OCc1ccccc1. The van der Waals surface area contributed by atoms with Gasteiger partial charge in [-0.05, 0) is 41.2 Å². The van der Waals surface area contributed by atoms with Crippen molar-refractivity contribution in [2.45, 2.75) is 39.2 Å². The number of rotatable bonds is 10. The summed E-state index contributed by atoms with van der Waals surface area (Å²) in [6.07, 6.45) is 0.987. The van der Waals surface area contributed by atoms with Crippen molar-refractivity contribution >= 4 is 17.7 Å². The second kappa shape index (κ2) is 11.9. The average molecular weight is 461 g/mol. The molecule has 0 heterocycles. The maximum absolute atomic E-state index is 12.6. The monoisotopic (exact) mass is 460 g/mol. The van der Waals surface area contributed by atoms with Crippen LogP contribution in [0.2, 0.25) is 0 Å². The highest BCUT2D eigenvalue weighted by atomic mass is 16.5. The number of hydrogen-bond donors (Lipinski definition) is 2. The van der Waals surface area contributed by atoms with Gasteiger partial charge in [0.2, 0.25) is 0 Å². The lowest BCUT2D eigenvalue weighted by molar-refractivity contribution is 0.0474. The molecule has 0 atom stereocenters. The Hall–Kier alpha value is -3.80. The van der Waals surface area contributed by atoms with Crippen molar-refractivity contribution in [1.29, 1.82) is 0 Å². The van der Waals surface area contributed by atoms with E-state index in [0.29, 0.717) is 24.4 Å². The van der Waals surface area contributed by atoms with Crippen molar-refractivity contribution in [2.75, 3.05) is 18.5 Å². The zero-order valence-corrected chi connectivity index (χ0v) is 20.0. The minimum Gasteiger partial charge on any atom is -0.491 e. The fourth-order valence-corrected chi connectivity index (χ4v) is 3.41. The molecule has 0 fully saturated rings. The third-order valence-corrected chi connectivity index (χ3v) is 5.75. The van der Waals surface area contributed by atoms with Crippen LogP contribution in [0.3, 0.4) is 0 Å². The number of ether oxygens (including phenoxy) is 2. The number of amides is 2. The molecule has 34 heavy (non-hydrogen) atoms. The first-order valence-electron chi connectivity index (χ1n) is 11.5. The minimum absolute atomic E-state index is 0.000225. The zero-order chi connectivity index (χ0) is 24.4. The molecule has 0 saturated carbocycles. The third kappa shape index (κ3) is 6.85. The van der Waals surface area contributed by atoms with Gasteiger partial charge in [0, 0.05) is 0 Å². The number of carbonyl (C=O) groups is 2. The topological polar surface area (TPSA) is 76.7 Å². The predicted molar refractivity (Wildman–Crippen MR) is 134 cm³/mol. The Morgan fingerprint density at radius 2 is 1.56 bits per heavy atom. The molecule has 0 aliphatic rings. The second-order valence-corrected chi connectivity index (χ2v) is 8.57. The molecule has 0 spiro atoms. The molecule has 6 heteroatoms. The molecule has 0 aliphatic heterocycles. The molecule has 3 rings (SSSR count). The molecule has 0 bridgehead atoms. The first-order chi connectivity index (χ1) is 16.4. The van der Waals surface area contributed by atoms with Crippen LogP contribution in [0.15, 0.2) is 78.9 Å². The van der Waals surface area contributed by atoms with E-state index < -0.39 is 12.0 Å².